The quantitative estimate of drug-likeness (QED) is 0.875. The Hall–Kier alpha value is -1.65. The Kier molecular flexibility index (Phi) is 5.96. The number of ether oxygens (including phenoxy) is 1. The number of nitrogens with one attached hydrogen (secondary N) is 1. The van der Waals surface area contributed by atoms with Crippen LogP contribution in [0.15, 0.2) is 18.6 Å². The lowest BCUT2D eigenvalue weighted by molar-refractivity contribution is -0.123. The molecule has 1 unspecified atom stereocenters. The molecular formula is C16H25N3O2. The number of carbonyl (C=O) groups excluding carboxylic acids is 1. The molecule has 1 heterocycles. The van der Waals surface area contributed by atoms with Crippen LogP contribution < -0.4 is 10.1 Å². The molecule has 1 atom stereocenters. The first-order valence-corrected chi connectivity index (χ1v) is 7.89. The highest BCUT2D eigenvalue weighted by Crippen LogP contribution is 2.22. The lowest BCUT2D eigenvalue weighted by Crippen LogP contribution is -2.40. The van der Waals surface area contributed by atoms with Crippen LogP contribution in [0.2, 0.25) is 0 Å². The fraction of sp³-hybridized carbons (Fsp3) is 0.688. The van der Waals surface area contributed by atoms with Gasteiger partial charge in [-0.25, -0.2) is 4.98 Å². The molecule has 1 aromatic rings. The molecule has 0 radical (unpaired) electrons. The van der Waals surface area contributed by atoms with E-state index in [-0.39, 0.29) is 12.0 Å². The Morgan fingerprint density at radius 1 is 1.38 bits per heavy atom. The third-order valence-corrected chi connectivity index (χ3v) is 4.10. The number of aromatic nitrogens is 2. The number of nitrogens with zero attached hydrogens (tertiary/aromatic N) is 2. The van der Waals surface area contributed by atoms with Gasteiger partial charge in [-0.3, -0.25) is 9.78 Å². The second kappa shape index (κ2) is 7.96. The molecule has 1 amide bonds. The fourth-order valence-electron chi connectivity index (χ4n) is 2.59. The van der Waals surface area contributed by atoms with Crippen molar-refractivity contribution in [3.8, 4) is 5.88 Å². The third-order valence-electron chi connectivity index (χ3n) is 4.10. The molecule has 1 aliphatic carbocycles. The van der Waals surface area contributed by atoms with Gasteiger partial charge in [0.1, 0.15) is 6.10 Å². The van der Waals surface area contributed by atoms with E-state index >= 15 is 0 Å². The Labute approximate surface area is 126 Å². The van der Waals surface area contributed by atoms with Crippen molar-refractivity contribution in [2.24, 2.45) is 5.92 Å². The highest BCUT2D eigenvalue weighted by molar-refractivity contribution is 5.76. The predicted molar refractivity (Wildman–Crippen MR) is 80.9 cm³/mol. The smallest absolute Gasteiger partial charge is 0.232 e. The molecule has 2 rings (SSSR count). The van der Waals surface area contributed by atoms with Gasteiger partial charge in [0.25, 0.3) is 0 Å². The SMILES string of the molecule is CCC(C)CC(=O)NC1CCC(Oc2cnccn2)CC1. The van der Waals surface area contributed by atoms with Crippen molar-refractivity contribution < 1.29 is 9.53 Å². The normalized spacial score (nSPS) is 23.3. The van der Waals surface area contributed by atoms with Crippen molar-refractivity contribution in [2.45, 2.75) is 64.5 Å². The summed E-state index contributed by atoms with van der Waals surface area (Å²) < 4.78 is 5.80. The van der Waals surface area contributed by atoms with Crippen LogP contribution in [0.25, 0.3) is 0 Å². The van der Waals surface area contributed by atoms with E-state index in [0.717, 1.165) is 32.1 Å². The van der Waals surface area contributed by atoms with Gasteiger partial charge >= 0.3 is 0 Å². The zero-order valence-electron chi connectivity index (χ0n) is 12.9. The first-order valence-electron chi connectivity index (χ1n) is 7.89. The predicted octanol–water partition coefficient (Wildman–Crippen LogP) is 2.72. The first kappa shape index (κ1) is 15.7. The monoisotopic (exact) mass is 291 g/mol. The van der Waals surface area contributed by atoms with Crippen molar-refractivity contribution in [1.82, 2.24) is 15.3 Å². The van der Waals surface area contributed by atoms with Crippen LogP contribution in [0.4, 0.5) is 0 Å². The second-order valence-corrected chi connectivity index (χ2v) is 5.92. The topological polar surface area (TPSA) is 64.1 Å². The maximum atomic E-state index is 11.9. The molecule has 1 aromatic heterocycles. The molecule has 0 bridgehead atoms. The van der Waals surface area contributed by atoms with Gasteiger partial charge in [-0.05, 0) is 31.6 Å². The van der Waals surface area contributed by atoms with E-state index in [0.29, 0.717) is 24.3 Å². The Bertz CT molecular complexity index is 430. The molecule has 0 aliphatic heterocycles. The summed E-state index contributed by atoms with van der Waals surface area (Å²) in [5, 5.41) is 3.15. The van der Waals surface area contributed by atoms with Crippen molar-refractivity contribution >= 4 is 5.91 Å². The van der Waals surface area contributed by atoms with Crippen LogP contribution in [0.3, 0.4) is 0 Å². The Morgan fingerprint density at radius 3 is 2.76 bits per heavy atom. The van der Waals surface area contributed by atoms with Gasteiger partial charge in [0.05, 0.1) is 6.20 Å². The number of rotatable bonds is 6. The van der Waals surface area contributed by atoms with Gasteiger partial charge < -0.3 is 10.1 Å². The standard InChI is InChI=1S/C16H25N3O2/c1-3-12(2)10-15(20)19-13-4-6-14(7-5-13)21-16-11-17-8-9-18-16/h8-9,11-14H,3-7,10H2,1-2H3,(H,19,20). The molecule has 1 fully saturated rings. The minimum Gasteiger partial charge on any atom is -0.473 e. The van der Waals surface area contributed by atoms with E-state index in [1.54, 1.807) is 18.6 Å². The molecular weight excluding hydrogens is 266 g/mol. The highest BCUT2D eigenvalue weighted by Gasteiger charge is 2.24. The molecule has 21 heavy (non-hydrogen) atoms. The molecule has 5 heteroatoms. The number of hydrogen-bond acceptors (Lipinski definition) is 4. The van der Waals surface area contributed by atoms with Gasteiger partial charge in [0, 0.05) is 24.9 Å². The number of carbonyl (C=O) groups is 1. The lowest BCUT2D eigenvalue weighted by Gasteiger charge is -2.29. The summed E-state index contributed by atoms with van der Waals surface area (Å²) in [6.07, 6.45) is 10.6. The van der Waals surface area contributed by atoms with Crippen LogP contribution in [-0.4, -0.2) is 28.0 Å². The summed E-state index contributed by atoms with van der Waals surface area (Å²) in [7, 11) is 0. The van der Waals surface area contributed by atoms with Gasteiger partial charge in [0.15, 0.2) is 0 Å². The van der Waals surface area contributed by atoms with Crippen molar-refractivity contribution in [2.75, 3.05) is 0 Å². The molecule has 0 saturated heterocycles. The van der Waals surface area contributed by atoms with Crippen molar-refractivity contribution in [3.05, 3.63) is 18.6 Å². The van der Waals surface area contributed by atoms with Crippen LogP contribution in [0.5, 0.6) is 5.88 Å². The summed E-state index contributed by atoms with van der Waals surface area (Å²) in [4.78, 5) is 20.0. The summed E-state index contributed by atoms with van der Waals surface area (Å²) in [5.74, 6) is 1.23. The maximum Gasteiger partial charge on any atom is 0.232 e. The van der Waals surface area contributed by atoms with E-state index < -0.39 is 0 Å². The average Bonchev–Trinajstić information content (AvgIpc) is 2.50. The van der Waals surface area contributed by atoms with E-state index in [1.807, 2.05) is 0 Å². The largest absolute Gasteiger partial charge is 0.473 e. The summed E-state index contributed by atoms with van der Waals surface area (Å²) in [6, 6.07) is 0.295. The molecule has 0 spiro atoms. The minimum absolute atomic E-state index is 0.183. The maximum absolute atomic E-state index is 11.9. The van der Waals surface area contributed by atoms with Gasteiger partial charge in [-0.1, -0.05) is 20.3 Å². The summed E-state index contributed by atoms with van der Waals surface area (Å²) in [6.45, 7) is 4.23. The van der Waals surface area contributed by atoms with Crippen LogP contribution in [-0.2, 0) is 4.79 Å². The Balaban J connectivity index is 1.69. The number of hydrogen-bond donors (Lipinski definition) is 1. The second-order valence-electron chi connectivity index (χ2n) is 5.92. The zero-order chi connectivity index (χ0) is 15.1. The van der Waals surface area contributed by atoms with Gasteiger partial charge in [-0.15, -0.1) is 0 Å². The minimum atomic E-state index is 0.183. The Morgan fingerprint density at radius 2 is 2.14 bits per heavy atom. The summed E-state index contributed by atoms with van der Waals surface area (Å²) >= 11 is 0. The van der Waals surface area contributed by atoms with E-state index in [4.69, 9.17) is 4.74 Å². The lowest BCUT2D eigenvalue weighted by atomic mass is 9.92. The van der Waals surface area contributed by atoms with Gasteiger partial charge in [0.2, 0.25) is 11.8 Å². The van der Waals surface area contributed by atoms with E-state index in [1.165, 1.54) is 0 Å². The molecule has 5 nitrogen and oxygen atoms in total. The third kappa shape index (κ3) is 5.33. The summed E-state index contributed by atoms with van der Waals surface area (Å²) in [5.41, 5.74) is 0. The molecule has 1 saturated carbocycles. The van der Waals surface area contributed by atoms with E-state index in [9.17, 15) is 4.79 Å². The van der Waals surface area contributed by atoms with Crippen molar-refractivity contribution in [1.29, 1.82) is 0 Å². The first-order chi connectivity index (χ1) is 10.2. The van der Waals surface area contributed by atoms with E-state index in [2.05, 4.69) is 29.1 Å². The van der Waals surface area contributed by atoms with Crippen LogP contribution in [0.1, 0.15) is 52.4 Å². The van der Waals surface area contributed by atoms with Crippen LogP contribution >= 0.6 is 0 Å². The molecule has 116 valence electrons. The molecule has 1 aliphatic rings. The highest BCUT2D eigenvalue weighted by atomic mass is 16.5. The average molecular weight is 291 g/mol. The fourth-order valence-corrected chi connectivity index (χ4v) is 2.59. The molecule has 0 aromatic carbocycles. The van der Waals surface area contributed by atoms with Gasteiger partial charge in [-0.2, -0.15) is 0 Å². The molecule has 1 N–H and O–H groups in total. The zero-order valence-corrected chi connectivity index (χ0v) is 12.9. The van der Waals surface area contributed by atoms with Crippen LogP contribution in [0, 0.1) is 5.92 Å². The number of amides is 1. The van der Waals surface area contributed by atoms with Crippen molar-refractivity contribution in [3.63, 3.8) is 0 Å².